The number of aromatic amines is 1. The van der Waals surface area contributed by atoms with Crippen LogP contribution < -0.4 is 4.74 Å². The van der Waals surface area contributed by atoms with Crippen LogP contribution in [0.4, 0.5) is 4.79 Å². The van der Waals surface area contributed by atoms with E-state index in [0.29, 0.717) is 19.0 Å². The van der Waals surface area contributed by atoms with Crippen LogP contribution in [-0.2, 0) is 4.74 Å². The van der Waals surface area contributed by atoms with Gasteiger partial charge in [0.2, 0.25) is 0 Å². The van der Waals surface area contributed by atoms with Crippen molar-refractivity contribution in [2.45, 2.75) is 51.2 Å². The molecule has 164 valence electrons. The fraction of sp³-hybridized carbons (Fsp3) is 0.417. The van der Waals surface area contributed by atoms with Crippen LogP contribution in [0.2, 0.25) is 0 Å². The van der Waals surface area contributed by atoms with Gasteiger partial charge in [-0.3, -0.25) is 0 Å². The smallest absolute Gasteiger partial charge is 0.410 e. The number of benzene rings is 1. The zero-order valence-electron chi connectivity index (χ0n) is 18.2. The summed E-state index contributed by atoms with van der Waals surface area (Å²) >= 11 is 1.68. The van der Waals surface area contributed by atoms with Gasteiger partial charge in [0, 0.05) is 42.3 Å². The first kappa shape index (κ1) is 21.4. The van der Waals surface area contributed by atoms with Gasteiger partial charge < -0.3 is 19.4 Å². The highest BCUT2D eigenvalue weighted by Gasteiger charge is 2.29. The molecule has 1 atom stereocenters. The quantitative estimate of drug-likeness (QED) is 0.549. The molecule has 4 rings (SSSR count). The Labute approximate surface area is 187 Å². The Morgan fingerprint density at radius 1 is 1.19 bits per heavy atom. The highest BCUT2D eigenvalue weighted by Crippen LogP contribution is 2.35. The molecule has 7 heteroatoms. The van der Waals surface area contributed by atoms with Gasteiger partial charge in [0.1, 0.15) is 11.4 Å². The van der Waals surface area contributed by atoms with Gasteiger partial charge in [-0.05, 0) is 51.8 Å². The molecule has 1 fully saturated rings. The summed E-state index contributed by atoms with van der Waals surface area (Å²) in [5.41, 5.74) is 1.49. The summed E-state index contributed by atoms with van der Waals surface area (Å²) in [5.74, 6) is 1.16. The highest BCUT2D eigenvalue weighted by molar-refractivity contribution is 7.09. The summed E-state index contributed by atoms with van der Waals surface area (Å²) in [5, 5.41) is 3.20. The van der Waals surface area contributed by atoms with Crippen molar-refractivity contribution < 1.29 is 14.3 Å². The summed E-state index contributed by atoms with van der Waals surface area (Å²) in [6.07, 6.45) is 5.14. The van der Waals surface area contributed by atoms with Crippen molar-refractivity contribution in [1.29, 1.82) is 0 Å². The number of aromatic nitrogens is 2. The standard InChI is InChI=1S/C24H29N3O3S/c1-24(2,3)30-23(28)27-13-10-17(11-14-27)22-26-20(16-31-22)21(18-9-12-25-15-18)29-19-7-5-4-6-8-19/h4-9,12,15-17,21,25H,10-11,13-14H2,1-3H3. The van der Waals surface area contributed by atoms with Gasteiger partial charge >= 0.3 is 6.09 Å². The number of carbonyl (C=O) groups excluding carboxylic acids is 1. The predicted octanol–water partition coefficient (Wildman–Crippen LogP) is 5.75. The largest absolute Gasteiger partial charge is 0.479 e. The van der Waals surface area contributed by atoms with Gasteiger partial charge in [-0.1, -0.05) is 18.2 Å². The van der Waals surface area contributed by atoms with E-state index in [0.717, 1.165) is 34.9 Å². The Morgan fingerprint density at radius 2 is 1.94 bits per heavy atom. The number of ether oxygens (including phenoxy) is 2. The average Bonchev–Trinajstić information content (AvgIpc) is 3.44. The number of amides is 1. The van der Waals surface area contributed by atoms with Crippen molar-refractivity contribution in [2.24, 2.45) is 0 Å². The number of likely N-dealkylation sites (tertiary alicyclic amines) is 1. The van der Waals surface area contributed by atoms with Gasteiger partial charge in [0.25, 0.3) is 0 Å². The fourth-order valence-electron chi connectivity index (χ4n) is 3.68. The molecule has 0 saturated carbocycles. The minimum Gasteiger partial charge on any atom is -0.479 e. The number of hydrogen-bond donors (Lipinski definition) is 1. The number of thiazole rings is 1. The zero-order chi connectivity index (χ0) is 21.8. The summed E-state index contributed by atoms with van der Waals surface area (Å²) in [6.45, 7) is 7.07. The molecule has 1 unspecified atom stereocenters. The molecule has 1 aromatic carbocycles. The van der Waals surface area contributed by atoms with E-state index >= 15 is 0 Å². The van der Waals surface area contributed by atoms with E-state index < -0.39 is 5.60 Å². The van der Waals surface area contributed by atoms with E-state index in [1.54, 1.807) is 16.2 Å². The maximum atomic E-state index is 12.3. The molecule has 1 N–H and O–H groups in total. The van der Waals surface area contributed by atoms with Crippen LogP contribution in [0, 0.1) is 0 Å². The minimum atomic E-state index is -0.468. The number of para-hydroxylation sites is 1. The Balaban J connectivity index is 1.44. The van der Waals surface area contributed by atoms with Gasteiger partial charge in [-0.15, -0.1) is 11.3 Å². The molecule has 0 radical (unpaired) electrons. The second kappa shape index (κ2) is 9.14. The molecular weight excluding hydrogens is 410 g/mol. The topological polar surface area (TPSA) is 67.4 Å². The summed E-state index contributed by atoms with van der Waals surface area (Å²) in [4.78, 5) is 22.2. The molecule has 6 nitrogen and oxygen atoms in total. The zero-order valence-corrected chi connectivity index (χ0v) is 19.0. The molecule has 3 heterocycles. The van der Waals surface area contributed by atoms with Crippen LogP contribution in [0.25, 0.3) is 0 Å². The summed E-state index contributed by atoms with van der Waals surface area (Å²) in [7, 11) is 0. The molecule has 1 aliphatic heterocycles. The number of piperidine rings is 1. The Hall–Kier alpha value is -2.80. The number of nitrogens with zero attached hydrogens (tertiary/aromatic N) is 2. The summed E-state index contributed by atoms with van der Waals surface area (Å²) < 4.78 is 11.8. The SMILES string of the molecule is CC(C)(C)OC(=O)N1CCC(c2nc(C(Oc3ccccc3)c3cc[nH]c3)cs2)CC1. The third-order valence-electron chi connectivity index (χ3n) is 5.23. The van der Waals surface area contributed by atoms with Crippen LogP contribution in [0.5, 0.6) is 5.75 Å². The van der Waals surface area contributed by atoms with E-state index in [9.17, 15) is 4.79 Å². The van der Waals surface area contributed by atoms with E-state index in [1.165, 1.54) is 0 Å². The molecule has 1 amide bonds. The predicted molar refractivity (Wildman–Crippen MR) is 122 cm³/mol. The third kappa shape index (κ3) is 5.47. The number of H-pyrrole nitrogens is 1. The second-order valence-electron chi connectivity index (χ2n) is 8.81. The van der Waals surface area contributed by atoms with Crippen LogP contribution in [0.1, 0.15) is 61.9 Å². The first-order valence-corrected chi connectivity index (χ1v) is 11.5. The molecule has 0 bridgehead atoms. The lowest BCUT2D eigenvalue weighted by Crippen LogP contribution is -2.41. The first-order chi connectivity index (χ1) is 14.9. The fourth-order valence-corrected chi connectivity index (χ4v) is 4.68. The number of carbonyl (C=O) groups is 1. The van der Waals surface area contributed by atoms with Gasteiger partial charge in [-0.25, -0.2) is 9.78 Å². The van der Waals surface area contributed by atoms with Crippen molar-refractivity contribution >= 4 is 17.4 Å². The number of rotatable bonds is 5. The van der Waals surface area contributed by atoms with E-state index in [4.69, 9.17) is 14.5 Å². The molecule has 2 aromatic heterocycles. The minimum absolute atomic E-state index is 0.227. The second-order valence-corrected chi connectivity index (χ2v) is 9.70. The maximum Gasteiger partial charge on any atom is 0.410 e. The van der Waals surface area contributed by atoms with Crippen molar-refractivity contribution in [3.8, 4) is 5.75 Å². The van der Waals surface area contributed by atoms with Gasteiger partial charge in [0.05, 0.1) is 10.7 Å². The van der Waals surface area contributed by atoms with Gasteiger partial charge in [-0.2, -0.15) is 0 Å². The molecule has 1 aliphatic rings. The molecule has 3 aromatic rings. The summed E-state index contributed by atoms with van der Waals surface area (Å²) in [6, 6.07) is 11.8. The normalized spacial score (nSPS) is 16.2. The first-order valence-electron chi connectivity index (χ1n) is 10.7. The van der Waals surface area contributed by atoms with Crippen molar-refractivity contribution in [1.82, 2.24) is 14.9 Å². The van der Waals surface area contributed by atoms with Crippen LogP contribution in [0.3, 0.4) is 0 Å². The highest BCUT2D eigenvalue weighted by atomic mass is 32.1. The van der Waals surface area contributed by atoms with Crippen molar-refractivity contribution in [3.05, 3.63) is 70.4 Å². The van der Waals surface area contributed by atoms with E-state index in [2.05, 4.69) is 10.4 Å². The lowest BCUT2D eigenvalue weighted by atomic mass is 9.98. The Morgan fingerprint density at radius 3 is 2.58 bits per heavy atom. The Kier molecular flexibility index (Phi) is 6.32. The van der Waals surface area contributed by atoms with Crippen molar-refractivity contribution in [3.63, 3.8) is 0 Å². The monoisotopic (exact) mass is 439 g/mol. The molecule has 0 spiro atoms. The number of nitrogens with one attached hydrogen (secondary N) is 1. The average molecular weight is 440 g/mol. The molecule has 31 heavy (non-hydrogen) atoms. The van der Waals surface area contributed by atoms with Crippen LogP contribution in [0.15, 0.2) is 54.2 Å². The Bertz CT molecular complexity index is 971. The maximum absolute atomic E-state index is 12.3. The van der Waals surface area contributed by atoms with E-state index in [1.807, 2.05) is 69.6 Å². The molecule has 0 aliphatic carbocycles. The number of hydrogen-bond acceptors (Lipinski definition) is 5. The van der Waals surface area contributed by atoms with Crippen LogP contribution in [-0.4, -0.2) is 39.7 Å². The van der Waals surface area contributed by atoms with Gasteiger partial charge in [0.15, 0.2) is 6.10 Å². The van der Waals surface area contributed by atoms with Crippen LogP contribution >= 0.6 is 11.3 Å². The lowest BCUT2D eigenvalue weighted by Gasteiger charge is -2.32. The van der Waals surface area contributed by atoms with E-state index in [-0.39, 0.29) is 12.2 Å². The molecular formula is C24H29N3O3S. The third-order valence-corrected chi connectivity index (χ3v) is 6.25. The van der Waals surface area contributed by atoms with Crippen molar-refractivity contribution in [2.75, 3.05) is 13.1 Å². The molecule has 1 saturated heterocycles. The lowest BCUT2D eigenvalue weighted by molar-refractivity contribution is 0.0204.